The molecule has 0 spiro atoms. The number of aromatic nitrogens is 2. The minimum atomic E-state index is -0.788. The molecular formula is C24H24N4O3. The van der Waals surface area contributed by atoms with Crippen molar-refractivity contribution in [3.8, 4) is 34.7 Å². The minimum absolute atomic E-state index is 0.117. The molecule has 2 aromatic carbocycles. The summed E-state index contributed by atoms with van der Waals surface area (Å²) in [5.41, 5.74) is 3.30. The van der Waals surface area contributed by atoms with Crippen LogP contribution >= 0.6 is 0 Å². The lowest BCUT2D eigenvalue weighted by Gasteiger charge is -2.28. The highest BCUT2D eigenvalue weighted by Gasteiger charge is 2.41. The highest BCUT2D eigenvalue weighted by Crippen LogP contribution is 2.47. The molecule has 0 fully saturated rings. The highest BCUT2D eigenvalue weighted by molar-refractivity contribution is 5.86. The van der Waals surface area contributed by atoms with Crippen LogP contribution in [0.1, 0.15) is 36.8 Å². The predicted molar refractivity (Wildman–Crippen MR) is 117 cm³/mol. The van der Waals surface area contributed by atoms with E-state index in [0.29, 0.717) is 24.0 Å². The van der Waals surface area contributed by atoms with Gasteiger partial charge in [0.2, 0.25) is 11.8 Å². The summed E-state index contributed by atoms with van der Waals surface area (Å²) in [6.07, 6.45) is 2.00. The van der Waals surface area contributed by atoms with Crippen molar-refractivity contribution in [2.24, 2.45) is 5.92 Å². The van der Waals surface area contributed by atoms with E-state index >= 15 is 0 Å². The van der Waals surface area contributed by atoms with Crippen molar-refractivity contribution >= 4 is 5.90 Å². The maximum atomic E-state index is 9.88. The Balaban J connectivity index is 1.81. The van der Waals surface area contributed by atoms with E-state index in [4.69, 9.17) is 19.6 Å². The van der Waals surface area contributed by atoms with E-state index in [9.17, 15) is 5.26 Å². The molecule has 0 radical (unpaired) electrons. The van der Waals surface area contributed by atoms with Crippen molar-refractivity contribution in [1.82, 2.24) is 10.2 Å². The summed E-state index contributed by atoms with van der Waals surface area (Å²) < 4.78 is 17.0. The van der Waals surface area contributed by atoms with Crippen molar-refractivity contribution < 1.29 is 14.2 Å². The number of unbranched alkanes of at least 4 members (excludes halogenated alkanes) is 1. The number of fused-ring (bicyclic) bond motifs is 1. The molecule has 2 N–H and O–H groups in total. The van der Waals surface area contributed by atoms with E-state index in [0.717, 1.165) is 35.2 Å². The zero-order valence-electron chi connectivity index (χ0n) is 17.5. The van der Waals surface area contributed by atoms with E-state index in [1.807, 2.05) is 48.5 Å². The monoisotopic (exact) mass is 416 g/mol. The molecule has 158 valence electrons. The van der Waals surface area contributed by atoms with Gasteiger partial charge in [0.25, 0.3) is 0 Å². The van der Waals surface area contributed by atoms with Crippen LogP contribution in [0.15, 0.2) is 48.5 Å². The van der Waals surface area contributed by atoms with Crippen molar-refractivity contribution in [2.75, 3.05) is 13.7 Å². The van der Waals surface area contributed by atoms with E-state index < -0.39 is 11.8 Å². The quantitative estimate of drug-likeness (QED) is 0.533. The third kappa shape index (κ3) is 3.84. The highest BCUT2D eigenvalue weighted by atomic mass is 16.5. The second-order valence-electron chi connectivity index (χ2n) is 7.35. The van der Waals surface area contributed by atoms with Crippen LogP contribution < -0.4 is 14.2 Å². The molecular weight excluding hydrogens is 392 g/mol. The molecule has 2 unspecified atom stereocenters. The van der Waals surface area contributed by atoms with E-state index in [1.54, 1.807) is 7.11 Å². The number of methoxy groups -OCH3 is 1. The Morgan fingerprint density at radius 3 is 2.71 bits per heavy atom. The second kappa shape index (κ2) is 8.92. The first kappa shape index (κ1) is 20.5. The number of aromatic amines is 1. The number of nitrogens with zero attached hydrogens (tertiary/aromatic N) is 2. The predicted octanol–water partition coefficient (Wildman–Crippen LogP) is 4.91. The molecule has 0 saturated carbocycles. The van der Waals surface area contributed by atoms with Crippen molar-refractivity contribution in [3.05, 3.63) is 59.7 Å². The third-order valence-electron chi connectivity index (χ3n) is 5.41. The Hall–Kier alpha value is -3.79. The van der Waals surface area contributed by atoms with Crippen LogP contribution in [0, 0.1) is 22.7 Å². The van der Waals surface area contributed by atoms with Crippen LogP contribution in [-0.2, 0) is 0 Å². The van der Waals surface area contributed by atoms with Crippen LogP contribution in [0.2, 0.25) is 0 Å². The van der Waals surface area contributed by atoms with E-state index in [2.05, 4.69) is 23.2 Å². The first-order valence-electron chi connectivity index (χ1n) is 10.3. The largest absolute Gasteiger partial charge is 0.493 e. The Bertz CT molecular complexity index is 1120. The number of benzene rings is 2. The molecule has 1 aromatic heterocycles. The van der Waals surface area contributed by atoms with Crippen LogP contribution in [0.4, 0.5) is 0 Å². The summed E-state index contributed by atoms with van der Waals surface area (Å²) in [5.74, 6) is 0.231. The standard InChI is InChI=1S/C24H24N4O3/c1-3-4-12-30-18-11-10-16(13-19(18)29-2)20-17(14-25)23(26)31-24-21(20)22(27-28-24)15-8-6-5-7-9-15/h5-11,13,17,20,26H,3-4,12H2,1-2H3,(H,27,28). The molecule has 0 amide bonds. The molecule has 31 heavy (non-hydrogen) atoms. The Morgan fingerprint density at radius 1 is 1.19 bits per heavy atom. The molecule has 1 aliphatic rings. The average Bonchev–Trinajstić information content (AvgIpc) is 3.22. The Kier molecular flexibility index (Phi) is 5.89. The lowest BCUT2D eigenvalue weighted by Crippen LogP contribution is -2.30. The van der Waals surface area contributed by atoms with Gasteiger partial charge in [0.05, 0.1) is 31.0 Å². The smallest absolute Gasteiger partial charge is 0.244 e. The van der Waals surface area contributed by atoms with Gasteiger partial charge >= 0.3 is 0 Å². The number of hydrogen-bond donors (Lipinski definition) is 2. The molecule has 2 heterocycles. The fraction of sp³-hybridized carbons (Fsp3) is 0.292. The summed E-state index contributed by atoms with van der Waals surface area (Å²) in [6, 6.07) is 17.7. The van der Waals surface area contributed by atoms with Crippen LogP contribution in [-0.4, -0.2) is 29.8 Å². The van der Waals surface area contributed by atoms with Crippen molar-refractivity contribution in [3.63, 3.8) is 0 Å². The van der Waals surface area contributed by atoms with Gasteiger partial charge in [0.1, 0.15) is 5.92 Å². The summed E-state index contributed by atoms with van der Waals surface area (Å²) in [6.45, 7) is 2.72. The SMILES string of the molecule is CCCCOc1ccc(C2c3c(n[nH]c3-c3ccccc3)OC(=N)C2C#N)cc1OC. The Morgan fingerprint density at radius 2 is 2.00 bits per heavy atom. The summed E-state index contributed by atoms with van der Waals surface area (Å²) in [4.78, 5) is 0. The lowest BCUT2D eigenvalue weighted by atomic mass is 9.78. The number of H-pyrrole nitrogens is 1. The molecule has 0 aliphatic carbocycles. The van der Waals surface area contributed by atoms with Crippen molar-refractivity contribution in [1.29, 1.82) is 10.7 Å². The van der Waals surface area contributed by atoms with Crippen LogP contribution in [0.3, 0.4) is 0 Å². The van der Waals surface area contributed by atoms with Gasteiger partial charge < -0.3 is 14.2 Å². The molecule has 2 atom stereocenters. The topological polar surface area (TPSA) is 104 Å². The van der Waals surface area contributed by atoms with E-state index in [-0.39, 0.29) is 5.90 Å². The van der Waals surface area contributed by atoms with Crippen LogP contribution in [0.25, 0.3) is 11.3 Å². The average molecular weight is 416 g/mol. The molecule has 3 aromatic rings. The third-order valence-corrected chi connectivity index (χ3v) is 5.41. The van der Waals surface area contributed by atoms with E-state index in [1.165, 1.54) is 0 Å². The molecule has 7 nitrogen and oxygen atoms in total. The van der Waals surface area contributed by atoms with Crippen LogP contribution in [0.5, 0.6) is 17.4 Å². The first-order chi connectivity index (χ1) is 15.2. The Labute approximate surface area is 181 Å². The maximum Gasteiger partial charge on any atom is 0.244 e. The lowest BCUT2D eigenvalue weighted by molar-refractivity contribution is 0.288. The molecule has 4 rings (SSSR count). The zero-order chi connectivity index (χ0) is 21.8. The number of rotatable bonds is 7. The minimum Gasteiger partial charge on any atom is -0.493 e. The fourth-order valence-corrected chi connectivity index (χ4v) is 3.83. The molecule has 1 aliphatic heterocycles. The summed E-state index contributed by atoms with van der Waals surface area (Å²) >= 11 is 0. The summed E-state index contributed by atoms with van der Waals surface area (Å²) in [5, 5.41) is 25.5. The fourth-order valence-electron chi connectivity index (χ4n) is 3.83. The van der Waals surface area contributed by atoms with Gasteiger partial charge in [-0.05, 0) is 29.7 Å². The van der Waals surface area contributed by atoms with Gasteiger partial charge in [0, 0.05) is 5.92 Å². The maximum absolute atomic E-state index is 9.88. The number of hydrogen-bond acceptors (Lipinski definition) is 6. The first-order valence-corrected chi connectivity index (χ1v) is 10.3. The van der Waals surface area contributed by atoms with Gasteiger partial charge in [-0.1, -0.05) is 49.7 Å². The van der Waals surface area contributed by atoms with Gasteiger partial charge in [-0.25, -0.2) is 0 Å². The summed E-state index contributed by atoms with van der Waals surface area (Å²) in [7, 11) is 1.60. The molecule has 0 saturated heterocycles. The second-order valence-corrected chi connectivity index (χ2v) is 7.35. The van der Waals surface area contributed by atoms with Gasteiger partial charge in [-0.2, -0.15) is 5.26 Å². The molecule has 0 bridgehead atoms. The van der Waals surface area contributed by atoms with Gasteiger partial charge in [-0.3, -0.25) is 10.5 Å². The van der Waals surface area contributed by atoms with Crippen molar-refractivity contribution in [2.45, 2.75) is 25.7 Å². The number of nitrogens with one attached hydrogen (secondary N) is 2. The van der Waals surface area contributed by atoms with Gasteiger partial charge in [0.15, 0.2) is 11.5 Å². The number of nitriles is 1. The number of ether oxygens (including phenoxy) is 3. The van der Waals surface area contributed by atoms with Gasteiger partial charge in [-0.15, -0.1) is 5.10 Å². The normalized spacial score (nSPS) is 17.4. The molecule has 7 heteroatoms. The zero-order valence-corrected chi connectivity index (χ0v) is 17.5.